The fourth-order valence-corrected chi connectivity index (χ4v) is 3.95. The maximum Gasteiger partial charge on any atom is 0.271 e. The molecule has 0 radical (unpaired) electrons. The van der Waals surface area contributed by atoms with Gasteiger partial charge in [0.1, 0.15) is 0 Å². The zero-order valence-corrected chi connectivity index (χ0v) is 19.3. The maximum atomic E-state index is 12.5. The fourth-order valence-electron chi connectivity index (χ4n) is 3.13. The minimum absolute atomic E-state index is 0.0514. The number of hydrogen-bond acceptors (Lipinski definition) is 7. The van der Waals surface area contributed by atoms with E-state index in [0.29, 0.717) is 28.8 Å². The van der Waals surface area contributed by atoms with Crippen LogP contribution in [0.4, 0.5) is 11.4 Å². The van der Waals surface area contributed by atoms with Gasteiger partial charge in [0.15, 0.2) is 11.0 Å². The van der Waals surface area contributed by atoms with Gasteiger partial charge in [-0.05, 0) is 38.0 Å². The first kappa shape index (κ1) is 23.9. The predicted octanol–water partition coefficient (Wildman–Crippen LogP) is 3.48. The average Bonchev–Trinajstić information content (AvgIpc) is 3.19. The lowest BCUT2D eigenvalue weighted by atomic mass is 10.1. The molecule has 0 bridgehead atoms. The Morgan fingerprint density at radius 1 is 1.12 bits per heavy atom. The zero-order valence-electron chi connectivity index (χ0n) is 18.5. The number of non-ortho nitro benzene ring substituents is 1. The van der Waals surface area contributed by atoms with Gasteiger partial charge in [-0.1, -0.05) is 36.0 Å². The summed E-state index contributed by atoms with van der Waals surface area (Å²) in [5, 5.41) is 25.4. The van der Waals surface area contributed by atoms with Gasteiger partial charge in [0.25, 0.3) is 11.6 Å². The van der Waals surface area contributed by atoms with Gasteiger partial charge in [-0.25, -0.2) is 0 Å². The topological polar surface area (TPSA) is 132 Å². The third kappa shape index (κ3) is 5.95. The molecule has 0 spiro atoms. The van der Waals surface area contributed by atoms with Gasteiger partial charge in [0, 0.05) is 24.2 Å². The van der Waals surface area contributed by atoms with Crippen LogP contribution in [0.5, 0.6) is 0 Å². The van der Waals surface area contributed by atoms with Crippen molar-refractivity contribution in [1.82, 2.24) is 20.1 Å². The second kappa shape index (κ2) is 10.7. The van der Waals surface area contributed by atoms with E-state index in [1.807, 2.05) is 36.6 Å². The molecule has 10 nitrogen and oxygen atoms in total. The first-order chi connectivity index (χ1) is 15.8. The molecule has 33 heavy (non-hydrogen) atoms. The first-order valence-electron chi connectivity index (χ1n) is 10.2. The van der Waals surface area contributed by atoms with E-state index in [4.69, 9.17) is 0 Å². The van der Waals surface area contributed by atoms with Crippen LogP contribution in [0.1, 0.15) is 34.2 Å². The molecule has 0 aliphatic heterocycles. The summed E-state index contributed by atoms with van der Waals surface area (Å²) in [7, 11) is 0. The number of anilines is 1. The Hall–Kier alpha value is -3.73. The Balaban J connectivity index is 1.60. The highest BCUT2D eigenvalue weighted by Crippen LogP contribution is 2.23. The number of nitrogens with one attached hydrogen (secondary N) is 2. The molecular weight excluding hydrogens is 444 g/mol. The van der Waals surface area contributed by atoms with Gasteiger partial charge in [0.2, 0.25) is 5.91 Å². The van der Waals surface area contributed by atoms with Crippen molar-refractivity contribution >= 4 is 35.0 Å². The van der Waals surface area contributed by atoms with E-state index in [1.165, 1.54) is 23.9 Å². The lowest BCUT2D eigenvalue weighted by molar-refractivity contribution is -0.384. The number of nitrogens with zero attached hydrogens (tertiary/aromatic N) is 4. The molecular formula is C22H24N6O4S. The van der Waals surface area contributed by atoms with Crippen molar-refractivity contribution in [3.05, 3.63) is 75.1 Å². The first-order valence-corrected chi connectivity index (χ1v) is 11.2. The third-order valence-electron chi connectivity index (χ3n) is 4.94. The largest absolute Gasteiger partial charge is 0.345 e. The second-order valence-corrected chi connectivity index (χ2v) is 8.18. The van der Waals surface area contributed by atoms with Crippen LogP contribution in [0.2, 0.25) is 0 Å². The summed E-state index contributed by atoms with van der Waals surface area (Å²) in [6, 6.07) is 11.6. The number of benzene rings is 2. The Kier molecular flexibility index (Phi) is 7.78. The summed E-state index contributed by atoms with van der Waals surface area (Å²) in [6.07, 6.45) is 0. The molecule has 1 aromatic heterocycles. The van der Waals surface area contributed by atoms with E-state index < -0.39 is 4.92 Å². The molecule has 172 valence electrons. The van der Waals surface area contributed by atoms with Gasteiger partial charge in [0.05, 0.1) is 22.9 Å². The minimum Gasteiger partial charge on any atom is -0.345 e. The van der Waals surface area contributed by atoms with Crippen LogP contribution in [0.25, 0.3) is 0 Å². The van der Waals surface area contributed by atoms with Crippen molar-refractivity contribution in [3.63, 3.8) is 0 Å². The molecule has 3 rings (SSSR count). The molecule has 0 unspecified atom stereocenters. The summed E-state index contributed by atoms with van der Waals surface area (Å²) in [5.74, 6) is 0.121. The molecule has 11 heteroatoms. The fraction of sp³-hybridized carbons (Fsp3) is 0.273. The summed E-state index contributed by atoms with van der Waals surface area (Å²) < 4.78 is 1.83. The smallest absolute Gasteiger partial charge is 0.271 e. The van der Waals surface area contributed by atoms with Crippen LogP contribution in [-0.4, -0.2) is 37.3 Å². The van der Waals surface area contributed by atoms with Crippen molar-refractivity contribution in [2.75, 3.05) is 11.1 Å². The molecule has 0 aliphatic rings. The lowest BCUT2D eigenvalue weighted by Gasteiger charge is -2.10. The third-order valence-corrected chi connectivity index (χ3v) is 5.91. The van der Waals surface area contributed by atoms with Crippen molar-refractivity contribution in [2.24, 2.45) is 0 Å². The SMILES string of the molecule is CCn1c(CNC(=O)c2ccccc2C)nnc1SCC(=O)Nc1cc([N+](=O)[O-])ccc1C. The number of nitro benzene ring substituents is 1. The van der Waals surface area contributed by atoms with Gasteiger partial charge >= 0.3 is 0 Å². The summed E-state index contributed by atoms with van der Waals surface area (Å²) >= 11 is 1.20. The lowest BCUT2D eigenvalue weighted by Crippen LogP contribution is -2.25. The van der Waals surface area contributed by atoms with Crippen molar-refractivity contribution in [2.45, 2.75) is 39.0 Å². The van der Waals surface area contributed by atoms with Crippen molar-refractivity contribution in [1.29, 1.82) is 0 Å². The predicted molar refractivity (Wildman–Crippen MR) is 125 cm³/mol. The number of rotatable bonds is 9. The molecule has 0 saturated heterocycles. The quantitative estimate of drug-likeness (QED) is 0.279. The molecule has 0 atom stereocenters. The average molecular weight is 469 g/mol. The van der Waals surface area contributed by atoms with Crippen LogP contribution >= 0.6 is 11.8 Å². The Morgan fingerprint density at radius 2 is 1.88 bits per heavy atom. The molecule has 1 heterocycles. The Morgan fingerprint density at radius 3 is 2.58 bits per heavy atom. The highest BCUT2D eigenvalue weighted by molar-refractivity contribution is 7.99. The number of nitro groups is 1. The number of aryl methyl sites for hydroxylation is 2. The highest BCUT2D eigenvalue weighted by atomic mass is 32.2. The van der Waals surface area contributed by atoms with Crippen LogP contribution in [0, 0.1) is 24.0 Å². The van der Waals surface area contributed by atoms with E-state index in [-0.39, 0.29) is 29.8 Å². The zero-order chi connectivity index (χ0) is 24.0. The van der Waals surface area contributed by atoms with E-state index in [2.05, 4.69) is 20.8 Å². The number of thioether (sulfide) groups is 1. The van der Waals surface area contributed by atoms with Gasteiger partial charge < -0.3 is 15.2 Å². The molecule has 3 aromatic rings. The van der Waals surface area contributed by atoms with E-state index in [0.717, 1.165) is 11.1 Å². The summed E-state index contributed by atoms with van der Waals surface area (Å²) in [6.45, 7) is 6.33. The van der Waals surface area contributed by atoms with Gasteiger partial charge in [-0.2, -0.15) is 0 Å². The molecule has 2 aromatic carbocycles. The highest BCUT2D eigenvalue weighted by Gasteiger charge is 2.16. The van der Waals surface area contributed by atoms with Crippen LogP contribution < -0.4 is 10.6 Å². The molecule has 2 N–H and O–H groups in total. The Labute approximate surface area is 194 Å². The minimum atomic E-state index is -0.507. The van der Waals surface area contributed by atoms with Crippen molar-refractivity contribution in [3.8, 4) is 0 Å². The molecule has 0 fully saturated rings. The standard InChI is InChI=1S/C22H24N6O4S/c1-4-27-19(12-23-21(30)17-8-6-5-7-14(17)2)25-26-22(27)33-13-20(29)24-18-11-16(28(31)32)10-9-15(18)3/h5-11H,4,12-13H2,1-3H3,(H,23,30)(H,24,29). The maximum absolute atomic E-state index is 12.5. The van der Waals surface area contributed by atoms with E-state index in [9.17, 15) is 19.7 Å². The number of amides is 2. The van der Waals surface area contributed by atoms with E-state index >= 15 is 0 Å². The van der Waals surface area contributed by atoms with E-state index in [1.54, 1.807) is 19.1 Å². The molecule has 2 amide bonds. The van der Waals surface area contributed by atoms with Crippen LogP contribution in [0.15, 0.2) is 47.6 Å². The monoisotopic (exact) mass is 468 g/mol. The summed E-state index contributed by atoms with van der Waals surface area (Å²) in [5.41, 5.74) is 2.51. The number of aromatic nitrogens is 3. The van der Waals surface area contributed by atoms with Crippen LogP contribution in [0.3, 0.4) is 0 Å². The second-order valence-electron chi connectivity index (χ2n) is 7.23. The Bertz CT molecular complexity index is 1190. The molecule has 0 aliphatic carbocycles. The number of carbonyl (C=O) groups excluding carboxylic acids is 2. The molecule has 0 saturated carbocycles. The number of carbonyl (C=O) groups is 2. The van der Waals surface area contributed by atoms with Crippen molar-refractivity contribution < 1.29 is 14.5 Å². The summed E-state index contributed by atoms with van der Waals surface area (Å²) in [4.78, 5) is 35.3. The van der Waals surface area contributed by atoms with Gasteiger partial charge in [-0.15, -0.1) is 10.2 Å². The number of hydrogen-bond donors (Lipinski definition) is 2. The normalized spacial score (nSPS) is 10.6. The van der Waals surface area contributed by atoms with Crippen LogP contribution in [-0.2, 0) is 17.9 Å². The van der Waals surface area contributed by atoms with Gasteiger partial charge in [-0.3, -0.25) is 19.7 Å².